The van der Waals surface area contributed by atoms with Crippen molar-refractivity contribution in [2.45, 2.75) is 31.7 Å². The van der Waals surface area contributed by atoms with E-state index < -0.39 is 0 Å². The number of aromatic nitrogens is 1. The van der Waals surface area contributed by atoms with Crippen LogP contribution in [-0.4, -0.2) is 69.7 Å². The number of carbonyl (C=O) groups is 1. The number of hydrogen-bond acceptors (Lipinski definition) is 5. The number of carbonyl (C=O) groups excluding carboxylic acids is 1. The lowest BCUT2D eigenvalue weighted by molar-refractivity contribution is 0.0242. The Balaban J connectivity index is 1.19. The normalized spacial score (nSPS) is 21.7. The Hall–Kier alpha value is -2.38. The highest BCUT2D eigenvalue weighted by atomic mass is 35.5. The van der Waals surface area contributed by atoms with Gasteiger partial charge >= 0.3 is 0 Å². The molecule has 0 aliphatic carbocycles. The second-order valence-electron chi connectivity index (χ2n) is 10.0. The largest absolute Gasteiger partial charge is 0.508 e. The maximum atomic E-state index is 13.3. The van der Waals surface area contributed by atoms with E-state index in [1.165, 1.54) is 0 Å². The fourth-order valence-corrected chi connectivity index (χ4v) is 6.13. The summed E-state index contributed by atoms with van der Waals surface area (Å²) >= 11 is 12.3. The summed E-state index contributed by atoms with van der Waals surface area (Å²) in [4.78, 5) is 22.1. The van der Waals surface area contributed by atoms with E-state index in [-0.39, 0.29) is 24.2 Å². The SMILES string of the molecule is O=C(c1ccnc2ccc(O)cc12)N1CCC(N2CC[C@H](Cc3ccc(Cl)c(Cl)c3)[C@H](CO)C2)CC1. The standard InChI is InChI=1S/C28H31Cl2N3O3/c29-25-3-1-18(14-26(25)30)13-19-6-10-33(16-20(19)17-34)21-7-11-32(12-8-21)28(36)23-5-9-31-27-4-2-22(35)15-24(23)27/h1-5,9,14-15,19-21,34-35H,6-8,10-13,16-17H2/t19-,20+/m1/s1. The van der Waals surface area contributed by atoms with E-state index in [9.17, 15) is 15.0 Å². The minimum atomic E-state index is -0.0139. The molecule has 2 atom stereocenters. The number of benzene rings is 2. The minimum Gasteiger partial charge on any atom is -0.508 e. The monoisotopic (exact) mass is 527 g/mol. The third-order valence-electron chi connectivity index (χ3n) is 7.86. The van der Waals surface area contributed by atoms with Crippen molar-refractivity contribution in [2.24, 2.45) is 11.8 Å². The molecule has 2 N–H and O–H groups in total. The Morgan fingerprint density at radius 3 is 2.53 bits per heavy atom. The molecule has 2 aliphatic heterocycles. The molecule has 0 radical (unpaired) electrons. The quantitative estimate of drug-likeness (QED) is 0.486. The fraction of sp³-hybridized carbons (Fsp3) is 0.429. The van der Waals surface area contributed by atoms with Crippen LogP contribution in [0.15, 0.2) is 48.7 Å². The van der Waals surface area contributed by atoms with Crippen molar-refractivity contribution in [1.29, 1.82) is 0 Å². The highest BCUT2D eigenvalue weighted by molar-refractivity contribution is 6.42. The third kappa shape index (κ3) is 5.32. The Labute approximate surface area is 221 Å². The maximum absolute atomic E-state index is 13.3. The predicted molar refractivity (Wildman–Crippen MR) is 143 cm³/mol. The lowest BCUT2D eigenvalue weighted by Gasteiger charge is -2.44. The molecule has 1 aromatic heterocycles. The average molecular weight is 528 g/mol. The summed E-state index contributed by atoms with van der Waals surface area (Å²) in [6.45, 7) is 3.42. The number of pyridine rings is 1. The van der Waals surface area contributed by atoms with Gasteiger partial charge in [0.05, 0.1) is 21.1 Å². The van der Waals surface area contributed by atoms with Gasteiger partial charge in [0.2, 0.25) is 0 Å². The lowest BCUT2D eigenvalue weighted by Crippen LogP contribution is -2.52. The average Bonchev–Trinajstić information content (AvgIpc) is 2.90. The number of aromatic hydroxyl groups is 1. The Morgan fingerprint density at radius 1 is 0.972 bits per heavy atom. The number of phenols is 1. The molecular weight excluding hydrogens is 497 g/mol. The number of aliphatic hydroxyl groups excluding tert-OH is 1. The van der Waals surface area contributed by atoms with Crippen LogP contribution < -0.4 is 0 Å². The Kier molecular flexibility index (Phi) is 7.68. The van der Waals surface area contributed by atoms with Crippen molar-refractivity contribution in [3.8, 4) is 5.75 Å². The van der Waals surface area contributed by atoms with E-state index in [1.807, 2.05) is 23.1 Å². The van der Waals surface area contributed by atoms with E-state index in [0.29, 0.717) is 51.6 Å². The number of aliphatic hydroxyl groups is 1. The van der Waals surface area contributed by atoms with Gasteiger partial charge in [-0.1, -0.05) is 29.3 Å². The van der Waals surface area contributed by atoms with Gasteiger partial charge in [0.25, 0.3) is 5.91 Å². The van der Waals surface area contributed by atoms with Crippen LogP contribution in [0.5, 0.6) is 5.75 Å². The lowest BCUT2D eigenvalue weighted by atomic mass is 9.80. The van der Waals surface area contributed by atoms with Crippen LogP contribution in [0.2, 0.25) is 10.0 Å². The van der Waals surface area contributed by atoms with E-state index >= 15 is 0 Å². The van der Waals surface area contributed by atoms with Gasteiger partial charge < -0.3 is 15.1 Å². The van der Waals surface area contributed by atoms with Crippen molar-refractivity contribution >= 4 is 40.0 Å². The van der Waals surface area contributed by atoms with E-state index in [0.717, 1.165) is 44.3 Å². The zero-order valence-corrected chi connectivity index (χ0v) is 21.6. The van der Waals surface area contributed by atoms with E-state index in [4.69, 9.17) is 23.2 Å². The number of nitrogens with zero attached hydrogens (tertiary/aromatic N) is 3. The van der Waals surface area contributed by atoms with Crippen LogP contribution in [0.25, 0.3) is 10.9 Å². The van der Waals surface area contributed by atoms with Gasteiger partial charge in [0.1, 0.15) is 5.75 Å². The van der Waals surface area contributed by atoms with Crippen molar-refractivity contribution < 1.29 is 15.0 Å². The van der Waals surface area contributed by atoms with Crippen LogP contribution >= 0.6 is 23.2 Å². The zero-order valence-electron chi connectivity index (χ0n) is 20.1. The predicted octanol–water partition coefficient (Wildman–Crippen LogP) is 5.02. The van der Waals surface area contributed by atoms with Gasteiger partial charge in [-0.15, -0.1) is 0 Å². The van der Waals surface area contributed by atoms with Gasteiger partial charge in [-0.2, -0.15) is 0 Å². The summed E-state index contributed by atoms with van der Waals surface area (Å²) in [7, 11) is 0. The molecule has 2 aliphatic rings. The van der Waals surface area contributed by atoms with Crippen molar-refractivity contribution in [2.75, 3.05) is 32.8 Å². The molecule has 0 saturated carbocycles. The number of piperidine rings is 2. The minimum absolute atomic E-state index is 0.0139. The number of hydrogen-bond donors (Lipinski definition) is 2. The molecule has 6 nitrogen and oxygen atoms in total. The zero-order chi connectivity index (χ0) is 25.2. The van der Waals surface area contributed by atoms with Gasteiger partial charge in [-0.3, -0.25) is 14.7 Å². The molecule has 0 bridgehead atoms. The first kappa shape index (κ1) is 25.3. The van der Waals surface area contributed by atoms with Crippen LogP contribution in [0.3, 0.4) is 0 Å². The van der Waals surface area contributed by atoms with Gasteiger partial charge in [-0.25, -0.2) is 0 Å². The molecule has 3 heterocycles. The first-order valence-electron chi connectivity index (χ1n) is 12.6. The smallest absolute Gasteiger partial charge is 0.254 e. The van der Waals surface area contributed by atoms with Gasteiger partial charge in [0.15, 0.2) is 0 Å². The summed E-state index contributed by atoms with van der Waals surface area (Å²) in [5.41, 5.74) is 2.44. The first-order chi connectivity index (χ1) is 17.4. The number of phenolic OH excluding ortho intramolecular Hbond substituents is 1. The fourth-order valence-electron chi connectivity index (χ4n) is 5.81. The molecule has 1 amide bonds. The number of rotatable bonds is 5. The van der Waals surface area contributed by atoms with E-state index in [1.54, 1.807) is 30.5 Å². The second kappa shape index (κ2) is 10.9. The molecule has 2 aromatic carbocycles. The van der Waals surface area contributed by atoms with Crippen LogP contribution in [-0.2, 0) is 6.42 Å². The second-order valence-corrected chi connectivity index (χ2v) is 10.8. The van der Waals surface area contributed by atoms with Crippen molar-refractivity contribution in [3.05, 3.63) is 69.8 Å². The van der Waals surface area contributed by atoms with Crippen molar-refractivity contribution in [3.63, 3.8) is 0 Å². The molecule has 2 saturated heterocycles. The van der Waals surface area contributed by atoms with Gasteiger partial charge in [-0.05, 0) is 86.0 Å². The van der Waals surface area contributed by atoms with Crippen molar-refractivity contribution in [1.82, 2.24) is 14.8 Å². The summed E-state index contributed by atoms with van der Waals surface area (Å²) in [6, 6.07) is 12.9. The molecular formula is C28H31Cl2N3O3. The molecule has 0 unspecified atom stereocenters. The van der Waals surface area contributed by atoms with Crippen LogP contribution in [0.1, 0.15) is 35.2 Å². The number of amides is 1. The summed E-state index contributed by atoms with van der Waals surface area (Å²) in [5, 5.41) is 21.9. The highest BCUT2D eigenvalue weighted by Gasteiger charge is 2.34. The Bertz CT molecular complexity index is 1250. The molecule has 0 spiro atoms. The topological polar surface area (TPSA) is 76.9 Å². The first-order valence-corrected chi connectivity index (χ1v) is 13.3. The number of likely N-dealkylation sites (tertiary alicyclic amines) is 2. The number of halogens is 2. The number of fused-ring (bicyclic) bond motifs is 1. The summed E-state index contributed by atoms with van der Waals surface area (Å²) in [5.74, 6) is 0.731. The van der Waals surface area contributed by atoms with Crippen LogP contribution in [0, 0.1) is 11.8 Å². The van der Waals surface area contributed by atoms with Gasteiger partial charge in [0, 0.05) is 43.9 Å². The molecule has 36 heavy (non-hydrogen) atoms. The molecule has 5 rings (SSSR count). The molecule has 190 valence electrons. The van der Waals surface area contributed by atoms with Crippen LogP contribution in [0.4, 0.5) is 0 Å². The Morgan fingerprint density at radius 2 is 1.78 bits per heavy atom. The molecule has 3 aromatic rings. The molecule has 8 heteroatoms. The summed E-state index contributed by atoms with van der Waals surface area (Å²) in [6.07, 6.45) is 5.39. The molecule has 2 fully saturated rings. The highest BCUT2D eigenvalue weighted by Crippen LogP contribution is 2.32. The summed E-state index contributed by atoms with van der Waals surface area (Å²) < 4.78 is 0. The maximum Gasteiger partial charge on any atom is 0.254 e. The van der Waals surface area contributed by atoms with E-state index in [2.05, 4.69) is 9.88 Å². The third-order valence-corrected chi connectivity index (χ3v) is 8.60.